The summed E-state index contributed by atoms with van der Waals surface area (Å²) >= 11 is 3.46. The lowest BCUT2D eigenvalue weighted by molar-refractivity contribution is 0.212. The fraction of sp³-hybridized carbons (Fsp3) is 0.211. The van der Waals surface area contributed by atoms with Gasteiger partial charge in [0, 0.05) is 4.48 Å². The maximum absolute atomic E-state index is 6.10. The molecular formula is C19H19BrN2O. The Morgan fingerprint density at radius 2 is 2.04 bits per heavy atom. The minimum atomic E-state index is -0.156. The van der Waals surface area contributed by atoms with E-state index in [2.05, 4.69) is 46.1 Å². The standard InChI is InChI=1S/C19H19BrN2O/c1-13-7-6-8-16(11-13)23-15(3)19-21-17-9-4-5-10-18(17)22(19)12-14(2)20/h4-11,15H,2,12H2,1,3H3. The van der Waals surface area contributed by atoms with Crippen LogP contribution >= 0.6 is 15.9 Å². The summed E-state index contributed by atoms with van der Waals surface area (Å²) in [6.07, 6.45) is -0.156. The Balaban J connectivity index is 1.98. The first-order valence-corrected chi connectivity index (χ1v) is 8.35. The number of aryl methyl sites for hydroxylation is 1. The molecule has 23 heavy (non-hydrogen) atoms. The molecule has 0 aliphatic carbocycles. The topological polar surface area (TPSA) is 27.1 Å². The molecule has 0 bridgehead atoms. The van der Waals surface area contributed by atoms with Crippen molar-refractivity contribution in [1.29, 1.82) is 0 Å². The normalized spacial score (nSPS) is 12.3. The quantitative estimate of drug-likeness (QED) is 0.601. The first-order valence-electron chi connectivity index (χ1n) is 7.56. The van der Waals surface area contributed by atoms with Gasteiger partial charge in [-0.3, -0.25) is 0 Å². The van der Waals surface area contributed by atoms with Crippen LogP contribution in [0.15, 0.2) is 59.6 Å². The smallest absolute Gasteiger partial charge is 0.153 e. The fourth-order valence-corrected chi connectivity index (χ4v) is 2.94. The van der Waals surface area contributed by atoms with Crippen LogP contribution in [0.2, 0.25) is 0 Å². The van der Waals surface area contributed by atoms with E-state index in [4.69, 9.17) is 9.72 Å². The molecule has 0 saturated heterocycles. The van der Waals surface area contributed by atoms with Crippen LogP contribution in [-0.4, -0.2) is 9.55 Å². The Kier molecular flexibility index (Phi) is 4.53. The number of allylic oxidation sites excluding steroid dienone is 1. The minimum absolute atomic E-state index is 0.156. The number of hydrogen-bond acceptors (Lipinski definition) is 2. The second-order valence-corrected chi connectivity index (χ2v) is 6.76. The Bertz CT molecular complexity index is 853. The van der Waals surface area contributed by atoms with Crippen molar-refractivity contribution in [1.82, 2.24) is 9.55 Å². The molecule has 1 heterocycles. The molecule has 118 valence electrons. The van der Waals surface area contributed by atoms with E-state index in [1.54, 1.807) is 0 Å². The van der Waals surface area contributed by atoms with Crippen LogP contribution in [0.4, 0.5) is 0 Å². The molecule has 1 unspecified atom stereocenters. The Labute approximate surface area is 144 Å². The highest BCUT2D eigenvalue weighted by Crippen LogP contribution is 2.26. The Morgan fingerprint density at radius 3 is 2.78 bits per heavy atom. The number of ether oxygens (including phenoxy) is 1. The van der Waals surface area contributed by atoms with E-state index in [9.17, 15) is 0 Å². The molecule has 0 spiro atoms. The zero-order valence-corrected chi connectivity index (χ0v) is 14.9. The first-order chi connectivity index (χ1) is 11.0. The highest BCUT2D eigenvalue weighted by Gasteiger charge is 2.18. The van der Waals surface area contributed by atoms with Gasteiger partial charge in [-0.1, -0.05) is 46.8 Å². The fourth-order valence-electron chi connectivity index (χ4n) is 2.69. The second-order valence-electron chi connectivity index (χ2n) is 5.64. The van der Waals surface area contributed by atoms with Gasteiger partial charge in [-0.15, -0.1) is 0 Å². The van der Waals surface area contributed by atoms with Crippen LogP contribution in [0.3, 0.4) is 0 Å². The summed E-state index contributed by atoms with van der Waals surface area (Å²) in [5.74, 6) is 1.75. The average molecular weight is 371 g/mol. The van der Waals surface area contributed by atoms with Gasteiger partial charge in [0.15, 0.2) is 11.9 Å². The number of nitrogens with zero attached hydrogens (tertiary/aromatic N) is 2. The molecule has 0 radical (unpaired) electrons. The molecule has 3 nitrogen and oxygen atoms in total. The number of rotatable bonds is 5. The van der Waals surface area contributed by atoms with Crippen molar-refractivity contribution >= 4 is 27.0 Å². The van der Waals surface area contributed by atoms with Crippen LogP contribution in [0.5, 0.6) is 5.75 Å². The zero-order valence-electron chi connectivity index (χ0n) is 13.3. The van der Waals surface area contributed by atoms with Crippen molar-refractivity contribution in [3.05, 3.63) is 71.0 Å². The van der Waals surface area contributed by atoms with Crippen LogP contribution in [-0.2, 0) is 6.54 Å². The summed E-state index contributed by atoms with van der Waals surface area (Å²) in [7, 11) is 0. The van der Waals surface area contributed by atoms with Gasteiger partial charge < -0.3 is 9.30 Å². The number of para-hydroxylation sites is 2. The minimum Gasteiger partial charge on any atom is -0.483 e. The Morgan fingerprint density at radius 1 is 1.26 bits per heavy atom. The maximum Gasteiger partial charge on any atom is 0.153 e. The number of halogens is 1. The van der Waals surface area contributed by atoms with E-state index in [0.717, 1.165) is 27.1 Å². The molecule has 1 atom stereocenters. The second kappa shape index (κ2) is 6.59. The molecule has 4 heteroatoms. The largest absolute Gasteiger partial charge is 0.483 e. The number of fused-ring (bicyclic) bond motifs is 1. The van der Waals surface area contributed by atoms with Crippen LogP contribution < -0.4 is 4.74 Å². The van der Waals surface area contributed by atoms with E-state index in [1.807, 2.05) is 43.3 Å². The third kappa shape index (κ3) is 3.48. The molecule has 0 aliphatic rings. The van der Waals surface area contributed by atoms with Crippen molar-refractivity contribution in [3.8, 4) is 5.75 Å². The van der Waals surface area contributed by atoms with Gasteiger partial charge in [0.1, 0.15) is 5.75 Å². The van der Waals surface area contributed by atoms with E-state index < -0.39 is 0 Å². The molecule has 0 fully saturated rings. The monoisotopic (exact) mass is 370 g/mol. The zero-order chi connectivity index (χ0) is 16.4. The summed E-state index contributed by atoms with van der Waals surface area (Å²) in [6.45, 7) is 8.71. The van der Waals surface area contributed by atoms with Gasteiger partial charge in [0.25, 0.3) is 0 Å². The van der Waals surface area contributed by atoms with Crippen molar-refractivity contribution < 1.29 is 4.74 Å². The molecule has 0 amide bonds. The first kappa shape index (κ1) is 15.8. The van der Waals surface area contributed by atoms with E-state index >= 15 is 0 Å². The summed E-state index contributed by atoms with van der Waals surface area (Å²) < 4.78 is 9.16. The molecular weight excluding hydrogens is 352 g/mol. The average Bonchev–Trinajstić information content (AvgIpc) is 2.86. The number of hydrogen-bond donors (Lipinski definition) is 0. The maximum atomic E-state index is 6.10. The van der Waals surface area contributed by atoms with Gasteiger partial charge in [0.2, 0.25) is 0 Å². The summed E-state index contributed by atoms with van der Waals surface area (Å²) in [6, 6.07) is 16.2. The third-order valence-corrected chi connectivity index (χ3v) is 3.93. The van der Waals surface area contributed by atoms with Crippen LogP contribution in [0, 0.1) is 6.92 Å². The number of benzene rings is 2. The third-order valence-electron chi connectivity index (χ3n) is 3.68. The van der Waals surface area contributed by atoms with Crippen LogP contribution in [0.25, 0.3) is 11.0 Å². The van der Waals surface area contributed by atoms with Gasteiger partial charge in [-0.05, 0) is 43.7 Å². The molecule has 3 aromatic rings. The van der Waals surface area contributed by atoms with Crippen molar-refractivity contribution in [2.75, 3.05) is 0 Å². The summed E-state index contributed by atoms with van der Waals surface area (Å²) in [5.41, 5.74) is 3.23. The lowest BCUT2D eigenvalue weighted by atomic mass is 10.2. The number of aromatic nitrogens is 2. The highest BCUT2D eigenvalue weighted by molar-refractivity contribution is 9.11. The molecule has 3 rings (SSSR count). The van der Waals surface area contributed by atoms with Crippen LogP contribution in [0.1, 0.15) is 24.4 Å². The summed E-state index contributed by atoms with van der Waals surface area (Å²) in [5, 5.41) is 0. The Hall–Kier alpha value is -2.07. The predicted octanol–water partition coefficient (Wildman–Crippen LogP) is 5.39. The lowest BCUT2D eigenvalue weighted by Gasteiger charge is -2.17. The highest BCUT2D eigenvalue weighted by atomic mass is 79.9. The van der Waals surface area contributed by atoms with E-state index in [1.165, 1.54) is 5.56 Å². The van der Waals surface area contributed by atoms with Gasteiger partial charge >= 0.3 is 0 Å². The predicted molar refractivity (Wildman–Crippen MR) is 98.0 cm³/mol. The molecule has 1 aromatic heterocycles. The molecule has 2 aromatic carbocycles. The van der Waals surface area contributed by atoms with Crippen molar-refractivity contribution in [2.24, 2.45) is 0 Å². The summed E-state index contributed by atoms with van der Waals surface area (Å²) in [4.78, 5) is 4.76. The van der Waals surface area contributed by atoms with Gasteiger partial charge in [0.05, 0.1) is 17.6 Å². The molecule has 0 saturated carbocycles. The van der Waals surface area contributed by atoms with E-state index in [0.29, 0.717) is 6.54 Å². The van der Waals surface area contributed by atoms with Gasteiger partial charge in [-0.25, -0.2) is 4.98 Å². The number of imidazole rings is 1. The van der Waals surface area contributed by atoms with Gasteiger partial charge in [-0.2, -0.15) is 0 Å². The molecule has 0 N–H and O–H groups in total. The lowest BCUT2D eigenvalue weighted by Crippen LogP contribution is -2.12. The van der Waals surface area contributed by atoms with Crippen molar-refractivity contribution in [3.63, 3.8) is 0 Å². The van der Waals surface area contributed by atoms with E-state index in [-0.39, 0.29) is 6.10 Å². The molecule has 0 aliphatic heterocycles. The van der Waals surface area contributed by atoms with Crippen molar-refractivity contribution in [2.45, 2.75) is 26.5 Å². The SMILES string of the molecule is C=C(Br)Cn1c(C(C)Oc2cccc(C)c2)nc2ccccc21.